The van der Waals surface area contributed by atoms with Crippen molar-refractivity contribution in [3.05, 3.63) is 48.0 Å². The number of carbonyl (C=O) groups is 3. The minimum atomic E-state index is -0.560. The monoisotopic (exact) mass is 311 g/mol. The Morgan fingerprint density at radius 2 is 1.65 bits per heavy atom. The van der Waals surface area contributed by atoms with Crippen LogP contribution in [0, 0.1) is 0 Å². The van der Waals surface area contributed by atoms with E-state index in [4.69, 9.17) is 0 Å². The second-order valence-corrected chi connectivity index (χ2v) is 5.82. The lowest BCUT2D eigenvalue weighted by Crippen LogP contribution is -2.41. The van der Waals surface area contributed by atoms with Gasteiger partial charge < -0.3 is 10.1 Å². The molecule has 1 N–H and O–H groups in total. The molecule has 4 nitrogen and oxygen atoms in total. The van der Waals surface area contributed by atoms with E-state index in [1.54, 1.807) is 0 Å². The molecule has 0 saturated heterocycles. The average molecular weight is 311 g/mol. The minimum Gasteiger partial charge on any atom is -0.346 e. The van der Waals surface area contributed by atoms with Crippen LogP contribution >= 0.6 is 0 Å². The van der Waals surface area contributed by atoms with E-state index in [2.05, 4.69) is 5.32 Å². The van der Waals surface area contributed by atoms with Crippen LogP contribution < -0.4 is 5.32 Å². The molecule has 23 heavy (non-hydrogen) atoms. The summed E-state index contributed by atoms with van der Waals surface area (Å²) in [6.07, 6.45) is 0.773. The van der Waals surface area contributed by atoms with E-state index >= 15 is 0 Å². The molecular weight excluding hydrogens is 290 g/mol. The first-order valence-electron chi connectivity index (χ1n) is 7.72. The molecule has 0 unspecified atom stereocenters. The number of rotatable bonds is 7. The lowest BCUT2D eigenvalue weighted by Gasteiger charge is -2.16. The Morgan fingerprint density at radius 1 is 0.957 bits per heavy atom. The molecule has 2 aromatic carbocycles. The Kier molecular flexibility index (Phi) is 5.63. The molecule has 0 heterocycles. The van der Waals surface area contributed by atoms with Crippen LogP contribution in [-0.2, 0) is 20.8 Å². The first kappa shape index (κ1) is 16.9. The zero-order chi connectivity index (χ0) is 16.8. The van der Waals surface area contributed by atoms with E-state index in [0.717, 1.165) is 16.3 Å². The van der Waals surface area contributed by atoms with E-state index in [1.807, 2.05) is 42.5 Å². The van der Waals surface area contributed by atoms with Crippen molar-refractivity contribution in [1.29, 1.82) is 0 Å². The third kappa shape index (κ3) is 5.02. The summed E-state index contributed by atoms with van der Waals surface area (Å²) in [6.45, 7) is 2.92. The van der Waals surface area contributed by atoms with E-state index in [9.17, 15) is 14.4 Å². The fraction of sp³-hybridized carbons (Fsp3) is 0.316. The fourth-order valence-corrected chi connectivity index (χ4v) is 2.45. The Morgan fingerprint density at radius 3 is 2.30 bits per heavy atom. The smallest absolute Gasteiger partial charge is 0.221 e. The maximum atomic E-state index is 11.8. The van der Waals surface area contributed by atoms with Gasteiger partial charge in [-0.2, -0.15) is 0 Å². The molecule has 0 saturated carbocycles. The van der Waals surface area contributed by atoms with Gasteiger partial charge in [0.1, 0.15) is 5.78 Å². The van der Waals surface area contributed by atoms with Crippen LogP contribution in [0.3, 0.4) is 0 Å². The highest BCUT2D eigenvalue weighted by atomic mass is 16.2. The summed E-state index contributed by atoms with van der Waals surface area (Å²) in [5.41, 5.74) is 0.996. The molecule has 0 aliphatic carbocycles. The first-order valence-corrected chi connectivity index (χ1v) is 7.72. The number of hydrogen-bond acceptors (Lipinski definition) is 3. The Bertz CT molecular complexity index is 736. The SMILES string of the molecule is CC(=O)CCC(=O)N[C@@H](Cc1ccc2ccccc2c1)C(C)=O. The third-order valence-corrected chi connectivity index (χ3v) is 3.78. The first-order chi connectivity index (χ1) is 11.0. The van der Waals surface area contributed by atoms with Gasteiger partial charge in [-0.15, -0.1) is 0 Å². The molecule has 1 amide bonds. The summed E-state index contributed by atoms with van der Waals surface area (Å²) < 4.78 is 0. The highest BCUT2D eigenvalue weighted by molar-refractivity contribution is 5.89. The van der Waals surface area contributed by atoms with Crippen molar-refractivity contribution in [1.82, 2.24) is 5.32 Å². The van der Waals surface area contributed by atoms with Crippen LogP contribution in [0.1, 0.15) is 32.3 Å². The Labute approximate surface area is 135 Å². The molecule has 0 bridgehead atoms. The molecule has 2 rings (SSSR count). The molecule has 0 aliphatic rings. The number of carbonyl (C=O) groups excluding carboxylic acids is 3. The second-order valence-electron chi connectivity index (χ2n) is 5.82. The number of ketones is 2. The van der Waals surface area contributed by atoms with Gasteiger partial charge in [0.05, 0.1) is 6.04 Å². The largest absolute Gasteiger partial charge is 0.346 e. The number of benzene rings is 2. The van der Waals surface area contributed by atoms with Gasteiger partial charge in [-0.25, -0.2) is 0 Å². The van der Waals surface area contributed by atoms with Crippen LogP contribution in [0.5, 0.6) is 0 Å². The van der Waals surface area contributed by atoms with Gasteiger partial charge in [0.2, 0.25) is 5.91 Å². The highest BCUT2D eigenvalue weighted by Crippen LogP contribution is 2.17. The van der Waals surface area contributed by atoms with Crippen molar-refractivity contribution < 1.29 is 14.4 Å². The summed E-state index contributed by atoms with van der Waals surface area (Å²) in [5.74, 6) is -0.385. The molecule has 0 fully saturated rings. The Hall–Kier alpha value is -2.49. The van der Waals surface area contributed by atoms with E-state index < -0.39 is 6.04 Å². The summed E-state index contributed by atoms with van der Waals surface area (Å²) >= 11 is 0. The molecule has 1 atom stereocenters. The van der Waals surface area contributed by atoms with Gasteiger partial charge in [-0.05, 0) is 36.6 Å². The molecule has 2 aromatic rings. The zero-order valence-corrected chi connectivity index (χ0v) is 13.5. The molecular formula is C19H21NO3. The zero-order valence-electron chi connectivity index (χ0n) is 13.5. The lowest BCUT2D eigenvalue weighted by molar-refractivity contribution is -0.128. The van der Waals surface area contributed by atoms with Crippen molar-refractivity contribution in [3.63, 3.8) is 0 Å². The number of hydrogen-bond donors (Lipinski definition) is 1. The van der Waals surface area contributed by atoms with Crippen molar-refractivity contribution in [3.8, 4) is 0 Å². The van der Waals surface area contributed by atoms with Crippen molar-refractivity contribution in [2.75, 3.05) is 0 Å². The van der Waals surface area contributed by atoms with Gasteiger partial charge in [0.15, 0.2) is 5.78 Å². The van der Waals surface area contributed by atoms with Crippen molar-refractivity contribution in [2.45, 2.75) is 39.2 Å². The molecule has 4 heteroatoms. The van der Waals surface area contributed by atoms with Gasteiger partial charge in [-0.1, -0.05) is 42.5 Å². The molecule has 0 radical (unpaired) electrons. The van der Waals surface area contributed by atoms with Gasteiger partial charge in [0.25, 0.3) is 0 Å². The van der Waals surface area contributed by atoms with Gasteiger partial charge in [-0.3, -0.25) is 9.59 Å². The van der Waals surface area contributed by atoms with Gasteiger partial charge >= 0.3 is 0 Å². The average Bonchev–Trinajstić information content (AvgIpc) is 2.52. The quantitative estimate of drug-likeness (QED) is 0.855. The second kappa shape index (κ2) is 7.68. The number of fused-ring (bicyclic) bond motifs is 1. The van der Waals surface area contributed by atoms with Crippen LogP contribution in [0.15, 0.2) is 42.5 Å². The van der Waals surface area contributed by atoms with Crippen molar-refractivity contribution in [2.24, 2.45) is 0 Å². The number of amides is 1. The maximum Gasteiger partial charge on any atom is 0.221 e. The summed E-state index contributed by atoms with van der Waals surface area (Å²) in [5, 5.41) is 4.97. The predicted molar refractivity (Wildman–Crippen MR) is 90.2 cm³/mol. The fourth-order valence-electron chi connectivity index (χ4n) is 2.45. The van der Waals surface area contributed by atoms with Crippen LogP contribution in [0.4, 0.5) is 0 Å². The van der Waals surface area contributed by atoms with E-state index in [-0.39, 0.29) is 30.3 Å². The predicted octanol–water partition coefficient (Wildman–Crippen LogP) is 2.83. The highest BCUT2D eigenvalue weighted by Gasteiger charge is 2.18. The minimum absolute atomic E-state index is 0.0333. The van der Waals surface area contributed by atoms with Crippen molar-refractivity contribution >= 4 is 28.2 Å². The summed E-state index contributed by atoms with van der Waals surface area (Å²) in [4.78, 5) is 34.6. The number of Topliss-reactive ketones (excluding diaryl/α,β-unsaturated/α-hetero) is 2. The van der Waals surface area contributed by atoms with Crippen LogP contribution in [0.2, 0.25) is 0 Å². The topological polar surface area (TPSA) is 63.2 Å². The Balaban J connectivity index is 2.07. The molecule has 120 valence electrons. The molecule has 0 aromatic heterocycles. The third-order valence-electron chi connectivity index (χ3n) is 3.78. The van der Waals surface area contributed by atoms with E-state index in [0.29, 0.717) is 6.42 Å². The summed E-state index contributed by atoms with van der Waals surface area (Å²) in [7, 11) is 0. The standard InChI is InChI=1S/C19H21NO3/c1-13(21)7-10-19(23)20-18(14(2)22)12-15-8-9-16-5-3-4-6-17(16)11-15/h3-6,8-9,11,18H,7,10,12H2,1-2H3,(H,20,23)/t18-/m0/s1. The summed E-state index contributed by atoms with van der Waals surface area (Å²) in [6, 6.07) is 13.5. The van der Waals surface area contributed by atoms with E-state index in [1.165, 1.54) is 13.8 Å². The van der Waals surface area contributed by atoms with Gasteiger partial charge in [0, 0.05) is 12.8 Å². The molecule has 0 spiro atoms. The maximum absolute atomic E-state index is 11.8. The normalized spacial score (nSPS) is 11.9. The van der Waals surface area contributed by atoms with Crippen LogP contribution in [-0.4, -0.2) is 23.5 Å². The van der Waals surface area contributed by atoms with Crippen LogP contribution in [0.25, 0.3) is 10.8 Å². The number of nitrogens with one attached hydrogen (secondary N) is 1. The molecule has 0 aliphatic heterocycles. The lowest BCUT2D eigenvalue weighted by atomic mass is 9.99.